The molecule has 0 atom stereocenters. The van der Waals surface area contributed by atoms with Crippen LogP contribution < -0.4 is 0 Å². The maximum absolute atomic E-state index is 3.92. The third-order valence-electron chi connectivity index (χ3n) is 2.25. The van der Waals surface area contributed by atoms with Crippen LogP contribution in [0.5, 0.6) is 0 Å². The molecular weight excluding hydrogens is 299 g/mol. The zero-order valence-corrected chi connectivity index (χ0v) is 10.5. The SMILES string of the molecule is CC.[CH2-]CC1CCN(C)CC1.[Ho]. The van der Waals surface area contributed by atoms with E-state index in [0.717, 1.165) is 12.3 Å². The van der Waals surface area contributed by atoms with Crippen LogP contribution in [0.15, 0.2) is 0 Å². The molecule has 0 aromatic rings. The molecule has 0 bridgehead atoms. The minimum absolute atomic E-state index is 0. The Labute approximate surface area is 108 Å². The molecule has 0 aromatic carbocycles. The van der Waals surface area contributed by atoms with Crippen molar-refractivity contribution >= 4 is 0 Å². The predicted molar refractivity (Wildman–Crippen MR) is 51.5 cm³/mol. The third kappa shape index (κ3) is 6.71. The molecule has 1 aliphatic heterocycles. The third-order valence-corrected chi connectivity index (χ3v) is 2.25. The van der Waals surface area contributed by atoms with Crippen molar-refractivity contribution in [2.45, 2.75) is 33.1 Å². The van der Waals surface area contributed by atoms with Crippen molar-refractivity contribution in [2.75, 3.05) is 20.1 Å². The summed E-state index contributed by atoms with van der Waals surface area (Å²) in [5.41, 5.74) is 0. The smallest absolute Gasteiger partial charge is 0 e. The van der Waals surface area contributed by atoms with Crippen molar-refractivity contribution < 1.29 is 37.7 Å². The van der Waals surface area contributed by atoms with E-state index in [1.165, 1.54) is 25.9 Å². The van der Waals surface area contributed by atoms with Crippen molar-refractivity contribution in [3.63, 3.8) is 0 Å². The van der Waals surface area contributed by atoms with Crippen LogP contribution in [0.2, 0.25) is 0 Å². The quantitative estimate of drug-likeness (QED) is 0.530. The van der Waals surface area contributed by atoms with E-state index in [-0.39, 0.29) is 37.7 Å². The van der Waals surface area contributed by atoms with Gasteiger partial charge in [-0.05, 0) is 33.0 Å². The summed E-state index contributed by atoms with van der Waals surface area (Å²) in [6.07, 6.45) is 3.86. The molecule has 0 aliphatic carbocycles. The van der Waals surface area contributed by atoms with Gasteiger partial charge in [-0.2, -0.15) is 6.42 Å². The average Bonchev–Trinajstić information content (AvgIpc) is 2.10. The van der Waals surface area contributed by atoms with Crippen molar-refractivity contribution in [1.29, 1.82) is 0 Å². The molecule has 1 radical (unpaired) electrons. The topological polar surface area (TPSA) is 3.24 Å². The van der Waals surface area contributed by atoms with Gasteiger partial charge in [0.25, 0.3) is 0 Å². The summed E-state index contributed by atoms with van der Waals surface area (Å²) in [5, 5.41) is 0. The monoisotopic (exact) mass is 321 g/mol. The number of likely N-dealkylation sites (tertiary alicyclic amines) is 1. The van der Waals surface area contributed by atoms with E-state index in [4.69, 9.17) is 0 Å². The second kappa shape index (κ2) is 10.3. The van der Waals surface area contributed by atoms with Crippen LogP contribution in [-0.2, 0) is 0 Å². The molecule has 1 nitrogen and oxygen atoms in total. The van der Waals surface area contributed by atoms with Crippen molar-refractivity contribution in [2.24, 2.45) is 5.92 Å². The molecular formula is C10H22HoN-. The molecule has 1 fully saturated rings. The van der Waals surface area contributed by atoms with Gasteiger partial charge in [0.05, 0.1) is 0 Å². The molecule has 1 aliphatic rings. The Balaban J connectivity index is 0. The van der Waals surface area contributed by atoms with Gasteiger partial charge >= 0.3 is 0 Å². The first-order valence-electron chi connectivity index (χ1n) is 4.80. The minimum atomic E-state index is 0. The fourth-order valence-electron chi connectivity index (χ4n) is 1.35. The minimum Gasteiger partial charge on any atom is -0.343 e. The first-order chi connectivity index (χ1) is 5.33. The molecule has 0 spiro atoms. The fourth-order valence-corrected chi connectivity index (χ4v) is 1.35. The van der Waals surface area contributed by atoms with Crippen LogP contribution in [0.25, 0.3) is 0 Å². The molecule has 1 saturated heterocycles. The summed E-state index contributed by atoms with van der Waals surface area (Å²) in [5.74, 6) is 0.918. The van der Waals surface area contributed by atoms with E-state index in [0.29, 0.717) is 0 Å². The number of piperidine rings is 1. The van der Waals surface area contributed by atoms with Gasteiger partial charge in [0.15, 0.2) is 0 Å². The standard InChI is InChI=1S/C8H16N.C2H6.Ho/c1-3-8-4-6-9(2)7-5-8;1-2;/h8H,1,3-7H2,2H3;1-2H3;/q-1;;. The van der Waals surface area contributed by atoms with Crippen molar-refractivity contribution in [3.05, 3.63) is 6.92 Å². The van der Waals surface area contributed by atoms with Gasteiger partial charge in [-0.25, -0.2) is 0 Å². The Morgan fingerprint density at radius 1 is 1.25 bits per heavy atom. The maximum Gasteiger partial charge on any atom is 0 e. The van der Waals surface area contributed by atoms with Gasteiger partial charge in [0.1, 0.15) is 0 Å². The molecule has 1 heterocycles. The van der Waals surface area contributed by atoms with E-state index >= 15 is 0 Å². The molecule has 2 heteroatoms. The zero-order valence-electron chi connectivity index (χ0n) is 8.57. The van der Waals surface area contributed by atoms with E-state index < -0.39 is 0 Å². The molecule has 0 saturated carbocycles. The molecule has 79 valence electrons. The van der Waals surface area contributed by atoms with Crippen LogP contribution in [0.4, 0.5) is 0 Å². The summed E-state index contributed by atoms with van der Waals surface area (Å²) < 4.78 is 0. The van der Waals surface area contributed by atoms with Crippen LogP contribution in [0, 0.1) is 50.6 Å². The fraction of sp³-hybridized carbons (Fsp3) is 0.900. The molecule has 0 amide bonds. The molecule has 0 aromatic heterocycles. The Morgan fingerprint density at radius 2 is 1.67 bits per heavy atom. The maximum atomic E-state index is 3.92. The number of rotatable bonds is 1. The summed E-state index contributed by atoms with van der Waals surface area (Å²) in [6, 6.07) is 0. The molecule has 1 rings (SSSR count). The molecule has 0 N–H and O–H groups in total. The Bertz CT molecular complexity index is 77.9. The zero-order chi connectivity index (χ0) is 8.69. The summed E-state index contributed by atoms with van der Waals surface area (Å²) in [4.78, 5) is 2.40. The molecule has 12 heavy (non-hydrogen) atoms. The van der Waals surface area contributed by atoms with E-state index in [2.05, 4.69) is 18.9 Å². The van der Waals surface area contributed by atoms with Crippen molar-refractivity contribution in [3.8, 4) is 0 Å². The van der Waals surface area contributed by atoms with Gasteiger partial charge in [-0.15, -0.1) is 0 Å². The van der Waals surface area contributed by atoms with Gasteiger partial charge in [0.2, 0.25) is 0 Å². The van der Waals surface area contributed by atoms with Gasteiger partial charge in [0, 0.05) is 37.7 Å². The summed E-state index contributed by atoms with van der Waals surface area (Å²) in [7, 11) is 2.19. The second-order valence-corrected chi connectivity index (χ2v) is 3.04. The van der Waals surface area contributed by atoms with Crippen molar-refractivity contribution in [1.82, 2.24) is 4.90 Å². The first-order valence-corrected chi connectivity index (χ1v) is 4.80. The predicted octanol–water partition coefficient (Wildman–Crippen LogP) is 2.58. The van der Waals surface area contributed by atoms with Crippen LogP contribution in [0.3, 0.4) is 0 Å². The molecule has 0 unspecified atom stereocenters. The van der Waals surface area contributed by atoms with Gasteiger partial charge < -0.3 is 11.8 Å². The summed E-state index contributed by atoms with van der Waals surface area (Å²) >= 11 is 0. The van der Waals surface area contributed by atoms with Crippen LogP contribution >= 0.6 is 0 Å². The van der Waals surface area contributed by atoms with E-state index in [1.54, 1.807) is 0 Å². The van der Waals surface area contributed by atoms with Crippen LogP contribution in [0.1, 0.15) is 33.1 Å². The summed E-state index contributed by atoms with van der Waals surface area (Å²) in [6.45, 7) is 10.5. The number of hydrogen-bond acceptors (Lipinski definition) is 1. The largest absolute Gasteiger partial charge is 0.343 e. The van der Waals surface area contributed by atoms with E-state index in [1.807, 2.05) is 13.8 Å². The number of hydrogen-bond donors (Lipinski definition) is 0. The Morgan fingerprint density at radius 3 is 2.00 bits per heavy atom. The van der Waals surface area contributed by atoms with E-state index in [9.17, 15) is 0 Å². The average molecular weight is 321 g/mol. The first kappa shape index (κ1) is 15.7. The second-order valence-electron chi connectivity index (χ2n) is 3.04. The van der Waals surface area contributed by atoms with Gasteiger partial charge in [-0.3, -0.25) is 0 Å². The Kier molecular flexibility index (Phi) is 13.5. The van der Waals surface area contributed by atoms with Gasteiger partial charge in [-0.1, -0.05) is 19.8 Å². The Hall–Kier alpha value is 1.22. The van der Waals surface area contributed by atoms with Crippen LogP contribution in [-0.4, -0.2) is 25.0 Å². The number of nitrogens with zero attached hydrogens (tertiary/aromatic N) is 1. The normalized spacial score (nSPS) is 19.0.